The van der Waals surface area contributed by atoms with Crippen LogP contribution in [0.2, 0.25) is 23.3 Å². The van der Waals surface area contributed by atoms with E-state index in [0.29, 0.717) is 47.1 Å². The van der Waals surface area contributed by atoms with E-state index in [9.17, 15) is 9.59 Å². The lowest BCUT2D eigenvalue weighted by molar-refractivity contribution is 0.00624. The van der Waals surface area contributed by atoms with Crippen molar-refractivity contribution in [1.82, 2.24) is 9.88 Å². The number of carbonyl (C=O) groups is 2. The van der Waals surface area contributed by atoms with Gasteiger partial charge in [0.25, 0.3) is 0 Å². The van der Waals surface area contributed by atoms with Crippen LogP contribution in [0.3, 0.4) is 0 Å². The minimum Gasteiger partial charge on any atom is -0.462 e. The third kappa shape index (κ3) is 8.74. The first kappa shape index (κ1) is 36.2. The number of carbonyl (C=O) groups excluding carboxylic acids is 2. The normalized spacial score (nSPS) is 18.1. The Morgan fingerprint density at radius 1 is 1.26 bits per heavy atom. The fraction of sp³-hybridized carbons (Fsp3) is 0.633. The second-order valence-electron chi connectivity index (χ2n) is 13.3. The summed E-state index contributed by atoms with van der Waals surface area (Å²) in [4.78, 5) is 32.4. The van der Waals surface area contributed by atoms with Crippen molar-refractivity contribution in [2.24, 2.45) is 0 Å². The summed E-state index contributed by atoms with van der Waals surface area (Å²) in [5.74, 6) is -1.21. The highest BCUT2D eigenvalue weighted by molar-refractivity contribution is 14.1. The Hall–Kier alpha value is -1.22. The first-order chi connectivity index (χ1) is 19.8. The van der Waals surface area contributed by atoms with Gasteiger partial charge in [-0.1, -0.05) is 32.4 Å². The summed E-state index contributed by atoms with van der Waals surface area (Å²) in [5.41, 5.74) is -0.172. The molecule has 240 valence electrons. The molecule has 13 heteroatoms. The van der Waals surface area contributed by atoms with E-state index in [1.165, 1.54) is 0 Å². The summed E-state index contributed by atoms with van der Waals surface area (Å²) in [6.07, 6.45) is 1.37. The molecule has 0 saturated carbocycles. The quantitative estimate of drug-likeness (QED) is 0.0935. The van der Waals surface area contributed by atoms with E-state index in [1.54, 1.807) is 17.9 Å². The van der Waals surface area contributed by atoms with E-state index in [4.69, 9.17) is 25.5 Å². The number of hydrogen-bond acceptors (Lipinski definition) is 7. The van der Waals surface area contributed by atoms with E-state index < -0.39 is 25.7 Å². The molecule has 1 saturated heterocycles. The predicted octanol–water partition coefficient (Wildman–Crippen LogP) is 9.16. The molecule has 3 rings (SSSR count). The van der Waals surface area contributed by atoms with Crippen molar-refractivity contribution in [3.63, 3.8) is 0 Å². The molecular formula is C30H43BrClFIN3O5Si. The number of anilines is 1. The summed E-state index contributed by atoms with van der Waals surface area (Å²) in [6, 6.07) is 1.40. The molecule has 0 radical (unpaired) electrons. The van der Waals surface area contributed by atoms with Crippen LogP contribution in [0.15, 0.2) is 10.5 Å². The molecule has 2 heterocycles. The lowest BCUT2D eigenvalue weighted by Crippen LogP contribution is -2.51. The average Bonchev–Trinajstić information content (AvgIpc) is 2.86. The number of hydrogen-bond donors (Lipinski definition) is 1. The molecule has 1 aliphatic heterocycles. The molecule has 1 fully saturated rings. The zero-order chi connectivity index (χ0) is 32.5. The molecule has 2 aromatic rings. The Morgan fingerprint density at radius 3 is 2.49 bits per heavy atom. The number of halogens is 4. The molecule has 0 bridgehead atoms. The maximum absolute atomic E-state index is 15.3. The lowest BCUT2D eigenvalue weighted by Gasteiger charge is -2.42. The van der Waals surface area contributed by atoms with Crippen LogP contribution >= 0.6 is 50.1 Å². The van der Waals surface area contributed by atoms with Crippen molar-refractivity contribution in [3.8, 4) is 0 Å². The number of esters is 1. The highest BCUT2D eigenvalue weighted by atomic mass is 127. The van der Waals surface area contributed by atoms with Gasteiger partial charge in [-0.05, 0) is 110 Å². The molecule has 2 atom stereocenters. The second-order valence-corrected chi connectivity index (χ2v) is 20.5. The number of pyridine rings is 1. The summed E-state index contributed by atoms with van der Waals surface area (Å²) in [6.45, 7) is 19.3. The number of benzene rings is 1. The maximum atomic E-state index is 15.3. The minimum atomic E-state index is -2.00. The number of nitrogens with one attached hydrogen (secondary N) is 1. The zero-order valence-electron chi connectivity index (χ0n) is 26.4. The van der Waals surface area contributed by atoms with Crippen molar-refractivity contribution in [1.29, 1.82) is 0 Å². The van der Waals surface area contributed by atoms with E-state index in [-0.39, 0.29) is 50.5 Å². The number of fused-ring (bicyclic) bond motifs is 1. The molecule has 1 aliphatic rings. The van der Waals surface area contributed by atoms with Crippen molar-refractivity contribution in [3.05, 3.63) is 30.6 Å². The van der Waals surface area contributed by atoms with Gasteiger partial charge in [0, 0.05) is 34.2 Å². The molecule has 1 aromatic carbocycles. The number of aromatic nitrogens is 1. The van der Waals surface area contributed by atoms with Gasteiger partial charge < -0.3 is 24.1 Å². The second kappa shape index (κ2) is 14.0. The van der Waals surface area contributed by atoms with Crippen LogP contribution < -0.4 is 5.32 Å². The largest absolute Gasteiger partial charge is 0.462 e. The number of nitrogens with zero attached hydrogens (tertiary/aromatic N) is 2. The summed E-state index contributed by atoms with van der Waals surface area (Å²) in [7, 11) is -2.00. The molecule has 1 N–H and O–H groups in total. The average molecular weight is 815 g/mol. The number of piperidine rings is 1. The van der Waals surface area contributed by atoms with Crippen LogP contribution in [-0.4, -0.2) is 67.7 Å². The van der Waals surface area contributed by atoms with Crippen molar-refractivity contribution < 1.29 is 27.9 Å². The molecule has 43 heavy (non-hydrogen) atoms. The predicted molar refractivity (Wildman–Crippen MR) is 184 cm³/mol. The Bertz CT molecular complexity index is 1370. The summed E-state index contributed by atoms with van der Waals surface area (Å²) < 4.78 is 33.8. The summed E-state index contributed by atoms with van der Waals surface area (Å²) >= 11 is 11.8. The first-order valence-corrected chi connectivity index (χ1v) is 19.7. The van der Waals surface area contributed by atoms with E-state index >= 15 is 4.39 Å². The van der Waals surface area contributed by atoms with E-state index in [1.807, 2.05) is 43.4 Å². The number of ether oxygens (including phenoxy) is 2. The molecule has 0 aliphatic carbocycles. The maximum Gasteiger partial charge on any atom is 0.410 e. The van der Waals surface area contributed by atoms with Gasteiger partial charge in [-0.25, -0.2) is 19.0 Å². The number of likely N-dealkylation sites (tertiary alicyclic amines) is 1. The SMILES string of the molecule is CCOC(=O)c1c(Cl)nc2c(F)c(Br)c(I)cc2c1N[C@H]1CCN(C(=O)OC(C)(C)C)[C@H](CCO[Si](C)(C)C(C)(C)C)C1. The zero-order valence-corrected chi connectivity index (χ0v) is 31.9. The van der Waals surface area contributed by atoms with Crippen LogP contribution in [0.4, 0.5) is 14.9 Å². The van der Waals surface area contributed by atoms with Gasteiger partial charge in [-0.2, -0.15) is 0 Å². The van der Waals surface area contributed by atoms with E-state index in [0.717, 1.165) is 0 Å². The minimum absolute atomic E-state index is 0.0401. The standard InChI is InChI=1S/C30H43BrClFIN3O5Si/c1-10-40-27(38)21-24(19-16-20(34)22(31)23(33)25(19)36-26(21)32)35-17-11-13-37(28(39)42-29(2,3)4)18(15-17)12-14-41-43(8,9)30(5,6)7/h16-18H,10-15H2,1-9H3,(H,35,36)/t17-,18+/m0/s1. The topological polar surface area (TPSA) is 90.0 Å². The van der Waals surface area contributed by atoms with Gasteiger partial charge >= 0.3 is 12.1 Å². The fourth-order valence-corrected chi connectivity index (χ4v) is 6.87. The lowest BCUT2D eigenvalue weighted by atomic mass is 9.94. The molecule has 1 aromatic heterocycles. The smallest absolute Gasteiger partial charge is 0.410 e. The van der Waals surface area contributed by atoms with Crippen LogP contribution in [0.1, 0.15) is 78.1 Å². The molecule has 8 nitrogen and oxygen atoms in total. The van der Waals surface area contributed by atoms with Crippen molar-refractivity contribution in [2.75, 3.05) is 25.1 Å². The molecule has 0 spiro atoms. The van der Waals surface area contributed by atoms with Gasteiger partial charge in [0.1, 0.15) is 21.8 Å². The Kier molecular flexibility index (Phi) is 11.8. The van der Waals surface area contributed by atoms with Crippen LogP contribution in [0, 0.1) is 9.39 Å². The molecule has 1 amide bonds. The molecule has 0 unspecified atom stereocenters. The third-order valence-corrected chi connectivity index (χ3v) is 15.1. The summed E-state index contributed by atoms with van der Waals surface area (Å²) in [5, 5.41) is 3.82. The Balaban J connectivity index is 1.99. The van der Waals surface area contributed by atoms with E-state index in [2.05, 4.69) is 60.1 Å². The fourth-order valence-electron chi connectivity index (χ4n) is 4.70. The number of rotatable bonds is 8. The highest BCUT2D eigenvalue weighted by Crippen LogP contribution is 2.40. The van der Waals surface area contributed by atoms with Gasteiger partial charge in [-0.15, -0.1) is 0 Å². The van der Waals surface area contributed by atoms with Crippen LogP contribution in [0.25, 0.3) is 10.9 Å². The Labute approximate surface area is 282 Å². The van der Waals surface area contributed by atoms with Gasteiger partial charge in [-0.3, -0.25) is 0 Å². The number of amides is 1. The van der Waals surface area contributed by atoms with Crippen LogP contribution in [-0.2, 0) is 13.9 Å². The Morgan fingerprint density at radius 2 is 1.91 bits per heavy atom. The molecular weight excluding hydrogens is 772 g/mol. The third-order valence-electron chi connectivity index (χ3n) is 7.96. The van der Waals surface area contributed by atoms with Crippen molar-refractivity contribution >= 4 is 87.1 Å². The van der Waals surface area contributed by atoms with Crippen molar-refractivity contribution in [2.45, 2.75) is 104 Å². The monoisotopic (exact) mass is 813 g/mol. The first-order valence-electron chi connectivity index (χ1n) is 14.5. The van der Waals surface area contributed by atoms with Gasteiger partial charge in [0.05, 0.1) is 16.8 Å². The van der Waals surface area contributed by atoms with Gasteiger partial charge in [0.2, 0.25) is 0 Å². The highest BCUT2D eigenvalue weighted by Gasteiger charge is 2.39. The van der Waals surface area contributed by atoms with Gasteiger partial charge in [0.15, 0.2) is 14.1 Å². The van der Waals surface area contributed by atoms with Crippen LogP contribution in [0.5, 0.6) is 0 Å².